The molecule has 16 heteroatoms. The van der Waals surface area contributed by atoms with Crippen LogP contribution in [-0.4, -0.2) is 65.9 Å². The standard InChI is InChI=1S/C22H19N9O5S2/c1-2-36-27-14(17-26-22(24)38-28-17)18(32)25-15-19(33)31-16(21(34)35)12(10-37-20(15)31)9-30-6-5-29-8-11(7-23)3-4-13(29)30/h3-6,8,15,20H,2,9-10H2,1H3,(H3-,24,25,26,28,32,34,35)/b27-14+. The first-order chi connectivity index (χ1) is 18.3. The van der Waals surface area contributed by atoms with Gasteiger partial charge in [0.25, 0.3) is 17.5 Å². The average molecular weight is 554 g/mol. The number of nitrogens with zero attached hydrogens (tertiary/aromatic N) is 7. The zero-order valence-corrected chi connectivity index (χ0v) is 21.4. The molecule has 2 atom stereocenters. The number of anilines is 1. The number of hydrogen-bond acceptors (Lipinski definition) is 12. The first-order valence-electron chi connectivity index (χ1n) is 11.2. The van der Waals surface area contributed by atoms with Crippen LogP contribution in [-0.2, 0) is 25.8 Å². The number of rotatable bonds is 8. The van der Waals surface area contributed by atoms with Crippen molar-refractivity contribution in [1.82, 2.24) is 24.0 Å². The van der Waals surface area contributed by atoms with Crippen LogP contribution in [0.4, 0.5) is 5.13 Å². The number of nitriles is 1. The minimum Gasteiger partial charge on any atom is -0.543 e. The second kappa shape index (κ2) is 10.1. The number of carbonyl (C=O) groups is 3. The van der Waals surface area contributed by atoms with Crippen LogP contribution in [0.15, 0.2) is 47.1 Å². The molecular formula is C22H19N9O5S2. The van der Waals surface area contributed by atoms with Crippen LogP contribution >= 0.6 is 23.3 Å². The molecule has 2 aliphatic rings. The quantitative estimate of drug-likeness (QED) is 0.142. The summed E-state index contributed by atoms with van der Waals surface area (Å²) in [5, 5.41) is 27.1. The zero-order chi connectivity index (χ0) is 27.0. The number of aliphatic carboxylic acids is 1. The van der Waals surface area contributed by atoms with Gasteiger partial charge in [-0.2, -0.15) is 14.6 Å². The number of β-lactam (4-membered cyclic amide) rings is 1. The summed E-state index contributed by atoms with van der Waals surface area (Å²) < 4.78 is 7.54. The highest BCUT2D eigenvalue weighted by Gasteiger charge is 2.53. The van der Waals surface area contributed by atoms with Gasteiger partial charge in [0.2, 0.25) is 11.5 Å². The third-order valence-electron chi connectivity index (χ3n) is 5.83. The van der Waals surface area contributed by atoms with Crippen LogP contribution in [0.5, 0.6) is 0 Å². The van der Waals surface area contributed by atoms with Crippen molar-refractivity contribution in [3.63, 3.8) is 0 Å². The first kappa shape index (κ1) is 25.2. The Labute approximate surface area is 223 Å². The fourth-order valence-corrected chi connectivity index (χ4v) is 5.92. The second-order valence-corrected chi connectivity index (χ2v) is 10.0. The molecule has 2 amide bonds. The number of nitrogens with one attached hydrogen (secondary N) is 1. The number of pyridine rings is 1. The van der Waals surface area contributed by atoms with Gasteiger partial charge in [0.15, 0.2) is 5.13 Å². The van der Waals surface area contributed by atoms with Gasteiger partial charge >= 0.3 is 0 Å². The predicted molar refractivity (Wildman–Crippen MR) is 132 cm³/mol. The highest BCUT2D eigenvalue weighted by molar-refractivity contribution is 8.00. The van der Waals surface area contributed by atoms with Gasteiger partial charge in [-0.1, -0.05) is 5.16 Å². The molecule has 3 N–H and O–H groups in total. The van der Waals surface area contributed by atoms with Crippen LogP contribution in [0.1, 0.15) is 18.3 Å². The van der Waals surface area contributed by atoms with Gasteiger partial charge in [-0.15, -0.1) is 11.8 Å². The molecule has 2 unspecified atom stereocenters. The highest BCUT2D eigenvalue weighted by atomic mass is 32.2. The lowest BCUT2D eigenvalue weighted by Gasteiger charge is -2.50. The number of thioether (sulfide) groups is 1. The van der Waals surface area contributed by atoms with Gasteiger partial charge in [-0.3, -0.25) is 14.5 Å². The molecule has 0 radical (unpaired) electrons. The summed E-state index contributed by atoms with van der Waals surface area (Å²) in [5.41, 5.74) is 6.84. The van der Waals surface area contributed by atoms with Gasteiger partial charge < -0.3 is 25.8 Å². The minimum atomic E-state index is -1.49. The molecule has 3 aromatic rings. The molecule has 14 nitrogen and oxygen atoms in total. The Kier molecular flexibility index (Phi) is 6.70. The summed E-state index contributed by atoms with van der Waals surface area (Å²) in [6.45, 7) is 2.05. The van der Waals surface area contributed by atoms with Crippen molar-refractivity contribution in [3.05, 3.63) is 53.4 Å². The van der Waals surface area contributed by atoms with Gasteiger partial charge in [0.1, 0.15) is 49.2 Å². The zero-order valence-electron chi connectivity index (χ0n) is 19.7. The number of nitrogens with two attached hydrogens (primary N) is 1. The van der Waals surface area contributed by atoms with Crippen LogP contribution in [0.3, 0.4) is 0 Å². The van der Waals surface area contributed by atoms with Gasteiger partial charge in [-0.25, -0.2) is 8.97 Å². The summed E-state index contributed by atoms with van der Waals surface area (Å²) in [5.74, 6) is -2.60. The third kappa shape index (κ3) is 4.41. The third-order valence-corrected chi connectivity index (χ3v) is 7.71. The van der Waals surface area contributed by atoms with Crippen molar-refractivity contribution in [2.45, 2.75) is 24.9 Å². The van der Waals surface area contributed by atoms with Crippen molar-refractivity contribution < 1.29 is 28.9 Å². The molecule has 0 aromatic carbocycles. The molecular weight excluding hydrogens is 534 g/mol. The van der Waals surface area contributed by atoms with Gasteiger partial charge in [-0.05, 0) is 13.0 Å². The number of carbonyl (C=O) groups excluding carboxylic acids is 3. The number of amides is 2. The molecule has 0 bridgehead atoms. The number of imidazole rings is 1. The van der Waals surface area contributed by atoms with Crippen LogP contribution in [0.25, 0.3) is 5.65 Å². The maximum absolute atomic E-state index is 13.1. The number of fused-ring (bicyclic) bond motifs is 2. The fraction of sp³-hybridized carbons (Fsp3) is 0.273. The Morgan fingerprint density at radius 2 is 2.26 bits per heavy atom. The van der Waals surface area contributed by atoms with E-state index in [1.54, 1.807) is 42.0 Å². The maximum atomic E-state index is 13.1. The number of nitrogen functional groups attached to an aromatic ring is 1. The largest absolute Gasteiger partial charge is 0.543 e. The molecule has 2 aliphatic heterocycles. The summed E-state index contributed by atoms with van der Waals surface area (Å²) >= 11 is 2.19. The van der Waals surface area contributed by atoms with E-state index in [1.807, 2.05) is 4.57 Å². The lowest BCUT2D eigenvalue weighted by molar-refractivity contribution is -0.662. The Morgan fingerprint density at radius 3 is 2.95 bits per heavy atom. The van der Waals surface area contributed by atoms with Gasteiger partial charge in [0.05, 0.1) is 17.2 Å². The first-order valence-corrected chi connectivity index (χ1v) is 13.0. The van der Waals surface area contributed by atoms with E-state index in [0.717, 1.165) is 22.1 Å². The van der Waals surface area contributed by atoms with E-state index in [-0.39, 0.29) is 41.3 Å². The number of hydrogen-bond donors (Lipinski definition) is 2. The molecule has 0 spiro atoms. The monoisotopic (exact) mass is 553 g/mol. The van der Waals surface area contributed by atoms with E-state index in [1.165, 1.54) is 11.8 Å². The minimum absolute atomic E-state index is 0.0466. The summed E-state index contributed by atoms with van der Waals surface area (Å²) in [7, 11) is 0. The normalized spacial score (nSPS) is 19.1. The van der Waals surface area contributed by atoms with Crippen molar-refractivity contribution in [2.24, 2.45) is 5.16 Å². The Bertz CT molecular complexity index is 1570. The number of carboxylic acid groups (broad SMARTS) is 1. The Morgan fingerprint density at radius 1 is 1.45 bits per heavy atom. The number of carboxylic acids is 1. The van der Waals surface area contributed by atoms with Crippen LogP contribution in [0, 0.1) is 11.3 Å². The molecule has 3 aromatic heterocycles. The fourth-order valence-electron chi connectivity index (χ4n) is 4.15. The SMILES string of the molecule is CCO/N=C(/C(=O)NC1C(=O)N2C(C(=O)[O-])=C(C[n+]3ccn4cc(C#N)ccc43)CSC12)c1nsc(N)n1. The average Bonchev–Trinajstić information content (AvgIpc) is 3.52. The summed E-state index contributed by atoms with van der Waals surface area (Å²) in [4.78, 5) is 48.3. The van der Waals surface area contributed by atoms with E-state index in [2.05, 4.69) is 25.9 Å². The summed E-state index contributed by atoms with van der Waals surface area (Å²) in [6, 6.07) is 4.49. The lowest BCUT2D eigenvalue weighted by Crippen LogP contribution is -2.71. The van der Waals surface area contributed by atoms with Crippen molar-refractivity contribution in [2.75, 3.05) is 18.1 Å². The topological polar surface area (TPSA) is 195 Å². The molecule has 0 aliphatic carbocycles. The molecule has 0 saturated carbocycles. The number of oxime groups is 1. The molecule has 38 heavy (non-hydrogen) atoms. The van der Waals surface area contributed by atoms with Crippen LogP contribution in [0.2, 0.25) is 0 Å². The molecule has 5 heterocycles. The van der Waals surface area contributed by atoms with E-state index in [4.69, 9.17) is 15.8 Å². The maximum Gasteiger partial charge on any atom is 0.286 e. The molecule has 1 fully saturated rings. The molecule has 5 rings (SSSR count). The van der Waals surface area contributed by atoms with Crippen molar-refractivity contribution in [3.8, 4) is 6.07 Å². The molecule has 1 saturated heterocycles. The predicted octanol–water partition coefficient (Wildman–Crippen LogP) is -1.62. The van der Waals surface area contributed by atoms with E-state index in [0.29, 0.717) is 11.1 Å². The Hall–Kier alpha value is -4.49. The summed E-state index contributed by atoms with van der Waals surface area (Å²) in [6.07, 6.45) is 5.17. The van der Waals surface area contributed by atoms with E-state index >= 15 is 0 Å². The highest BCUT2D eigenvalue weighted by Crippen LogP contribution is 2.40. The van der Waals surface area contributed by atoms with E-state index < -0.39 is 29.2 Å². The van der Waals surface area contributed by atoms with E-state index in [9.17, 15) is 19.5 Å². The van der Waals surface area contributed by atoms with Crippen molar-refractivity contribution >= 4 is 57.6 Å². The smallest absolute Gasteiger partial charge is 0.286 e. The van der Waals surface area contributed by atoms with Gasteiger partial charge in [0, 0.05) is 28.9 Å². The molecule has 194 valence electrons. The lowest BCUT2D eigenvalue weighted by atomic mass is 10.0. The second-order valence-electron chi connectivity index (χ2n) is 8.14. The Balaban J connectivity index is 1.37. The van der Waals surface area contributed by atoms with Crippen LogP contribution < -0.4 is 20.7 Å². The van der Waals surface area contributed by atoms with Crippen molar-refractivity contribution in [1.29, 1.82) is 5.26 Å². The number of aromatic nitrogens is 4.